The summed E-state index contributed by atoms with van der Waals surface area (Å²) in [5.74, 6) is 0.400. The number of piperidine rings is 1. The minimum Gasteiger partial charge on any atom is -0.465 e. The lowest BCUT2D eigenvalue weighted by Gasteiger charge is -2.37. The second-order valence-electron chi connectivity index (χ2n) is 4.20. The summed E-state index contributed by atoms with van der Waals surface area (Å²) in [5, 5.41) is 14.5. The Balaban J connectivity index is 2.50. The Hall–Kier alpha value is -0.770. The van der Waals surface area contributed by atoms with Gasteiger partial charge in [0.1, 0.15) is 0 Å². The van der Waals surface area contributed by atoms with Crippen molar-refractivity contribution in [2.45, 2.75) is 32.2 Å². The van der Waals surface area contributed by atoms with Gasteiger partial charge in [-0.05, 0) is 39.2 Å². The fraction of sp³-hybridized carbons (Fsp3) is 0.889. The molecule has 0 aliphatic carbocycles. The van der Waals surface area contributed by atoms with Crippen LogP contribution in [0.4, 0.5) is 4.79 Å². The minimum absolute atomic E-state index is 0.320. The molecule has 1 atom stereocenters. The summed E-state index contributed by atoms with van der Waals surface area (Å²) < 4.78 is 0. The third kappa shape index (κ3) is 2.88. The Kier molecular flexibility index (Phi) is 3.14. The molecular weight excluding hydrogens is 168 g/mol. The van der Waals surface area contributed by atoms with Crippen molar-refractivity contribution in [3.05, 3.63) is 0 Å². The molecule has 4 nitrogen and oxygen atoms in total. The lowest BCUT2D eigenvalue weighted by molar-refractivity contribution is 0.158. The lowest BCUT2D eigenvalue weighted by atomic mass is 9.82. The van der Waals surface area contributed by atoms with Crippen molar-refractivity contribution in [2.75, 3.05) is 13.1 Å². The van der Waals surface area contributed by atoms with E-state index in [1.807, 2.05) is 13.8 Å². The van der Waals surface area contributed by atoms with Crippen molar-refractivity contribution in [3.63, 3.8) is 0 Å². The molecule has 76 valence electrons. The summed E-state index contributed by atoms with van der Waals surface area (Å²) >= 11 is 0. The van der Waals surface area contributed by atoms with Crippen LogP contribution in [0.3, 0.4) is 0 Å². The summed E-state index contributed by atoms with van der Waals surface area (Å²) in [5.41, 5.74) is -0.320. The minimum atomic E-state index is -0.935. The van der Waals surface area contributed by atoms with Gasteiger partial charge in [0.25, 0.3) is 0 Å². The zero-order valence-corrected chi connectivity index (χ0v) is 8.26. The van der Waals surface area contributed by atoms with Gasteiger partial charge < -0.3 is 15.7 Å². The third-order valence-corrected chi connectivity index (χ3v) is 2.75. The largest absolute Gasteiger partial charge is 0.465 e. The molecule has 1 unspecified atom stereocenters. The molecule has 0 spiro atoms. The first-order chi connectivity index (χ1) is 6.02. The zero-order valence-electron chi connectivity index (χ0n) is 8.26. The van der Waals surface area contributed by atoms with E-state index in [9.17, 15) is 4.79 Å². The number of nitrogens with one attached hydrogen (secondary N) is 2. The lowest BCUT2D eigenvalue weighted by Crippen LogP contribution is -2.53. The van der Waals surface area contributed by atoms with Crippen LogP contribution >= 0.6 is 0 Å². The van der Waals surface area contributed by atoms with Crippen LogP contribution in [0.25, 0.3) is 0 Å². The van der Waals surface area contributed by atoms with Crippen molar-refractivity contribution >= 4 is 6.09 Å². The van der Waals surface area contributed by atoms with E-state index in [0.717, 1.165) is 25.9 Å². The van der Waals surface area contributed by atoms with Crippen LogP contribution in [-0.4, -0.2) is 29.8 Å². The van der Waals surface area contributed by atoms with Gasteiger partial charge in [-0.15, -0.1) is 0 Å². The summed E-state index contributed by atoms with van der Waals surface area (Å²) in [6.45, 7) is 5.85. The zero-order chi connectivity index (χ0) is 9.90. The highest BCUT2D eigenvalue weighted by Crippen LogP contribution is 2.23. The van der Waals surface area contributed by atoms with Crippen LogP contribution in [0.1, 0.15) is 26.7 Å². The normalized spacial score (nSPS) is 24.0. The maximum absolute atomic E-state index is 10.5. The monoisotopic (exact) mass is 186 g/mol. The standard InChI is InChI=1S/C9H18N2O2/c1-9(2,11-8(12)13)7-4-3-5-10-6-7/h7,10-11H,3-6H2,1-2H3,(H,12,13). The fourth-order valence-electron chi connectivity index (χ4n) is 1.85. The molecule has 0 aromatic heterocycles. The predicted octanol–water partition coefficient (Wildman–Crippen LogP) is 1.03. The van der Waals surface area contributed by atoms with Gasteiger partial charge >= 0.3 is 6.09 Å². The highest BCUT2D eigenvalue weighted by Gasteiger charge is 2.31. The number of rotatable bonds is 2. The quantitative estimate of drug-likeness (QED) is 0.603. The van der Waals surface area contributed by atoms with Gasteiger partial charge in [-0.1, -0.05) is 0 Å². The third-order valence-electron chi connectivity index (χ3n) is 2.75. The first kappa shape index (κ1) is 10.3. The van der Waals surface area contributed by atoms with Crippen molar-refractivity contribution in [3.8, 4) is 0 Å². The average Bonchev–Trinajstić information content (AvgIpc) is 2.04. The molecule has 0 bridgehead atoms. The smallest absolute Gasteiger partial charge is 0.405 e. The highest BCUT2D eigenvalue weighted by atomic mass is 16.4. The topological polar surface area (TPSA) is 61.4 Å². The SMILES string of the molecule is CC(C)(NC(=O)O)C1CCCNC1. The second kappa shape index (κ2) is 3.96. The Morgan fingerprint density at radius 2 is 2.31 bits per heavy atom. The van der Waals surface area contributed by atoms with Gasteiger partial charge in [0.2, 0.25) is 0 Å². The fourth-order valence-corrected chi connectivity index (χ4v) is 1.85. The van der Waals surface area contributed by atoms with Crippen LogP contribution in [-0.2, 0) is 0 Å². The van der Waals surface area contributed by atoms with E-state index in [2.05, 4.69) is 10.6 Å². The molecule has 4 heteroatoms. The average molecular weight is 186 g/mol. The maximum atomic E-state index is 10.5. The molecule has 1 amide bonds. The van der Waals surface area contributed by atoms with Crippen LogP contribution < -0.4 is 10.6 Å². The van der Waals surface area contributed by atoms with E-state index >= 15 is 0 Å². The molecule has 1 heterocycles. The molecular formula is C9H18N2O2. The summed E-state index contributed by atoms with van der Waals surface area (Å²) in [4.78, 5) is 10.5. The van der Waals surface area contributed by atoms with Gasteiger partial charge in [-0.25, -0.2) is 4.79 Å². The summed E-state index contributed by atoms with van der Waals surface area (Å²) in [7, 11) is 0. The van der Waals surface area contributed by atoms with Crippen molar-refractivity contribution in [1.29, 1.82) is 0 Å². The molecule has 13 heavy (non-hydrogen) atoms. The molecule has 3 N–H and O–H groups in total. The van der Waals surface area contributed by atoms with Gasteiger partial charge in [0.05, 0.1) is 0 Å². The number of hydrogen-bond donors (Lipinski definition) is 3. The molecule has 0 aromatic rings. The van der Waals surface area contributed by atoms with E-state index in [1.165, 1.54) is 0 Å². The van der Waals surface area contributed by atoms with E-state index < -0.39 is 6.09 Å². The first-order valence-corrected chi connectivity index (χ1v) is 4.74. The first-order valence-electron chi connectivity index (χ1n) is 4.74. The number of hydrogen-bond acceptors (Lipinski definition) is 2. The second-order valence-corrected chi connectivity index (χ2v) is 4.20. The van der Waals surface area contributed by atoms with E-state index in [4.69, 9.17) is 5.11 Å². The van der Waals surface area contributed by atoms with Crippen LogP contribution in [0.2, 0.25) is 0 Å². The molecule has 0 aromatic carbocycles. The summed E-state index contributed by atoms with van der Waals surface area (Å²) in [6, 6.07) is 0. The van der Waals surface area contributed by atoms with Crippen molar-refractivity contribution < 1.29 is 9.90 Å². The molecule has 1 rings (SSSR count). The molecule has 1 aliphatic rings. The molecule has 1 aliphatic heterocycles. The number of amides is 1. The van der Waals surface area contributed by atoms with Crippen LogP contribution in [0, 0.1) is 5.92 Å². The maximum Gasteiger partial charge on any atom is 0.405 e. The molecule has 0 saturated carbocycles. The highest BCUT2D eigenvalue weighted by molar-refractivity contribution is 5.65. The summed E-state index contributed by atoms with van der Waals surface area (Å²) in [6.07, 6.45) is 1.30. The molecule has 1 fully saturated rings. The van der Waals surface area contributed by atoms with Crippen LogP contribution in [0.15, 0.2) is 0 Å². The predicted molar refractivity (Wildman–Crippen MR) is 50.8 cm³/mol. The van der Waals surface area contributed by atoms with E-state index in [0.29, 0.717) is 5.92 Å². The number of carbonyl (C=O) groups is 1. The molecule has 1 saturated heterocycles. The Labute approximate surface area is 78.7 Å². The van der Waals surface area contributed by atoms with Gasteiger partial charge in [-0.3, -0.25) is 0 Å². The van der Waals surface area contributed by atoms with E-state index in [1.54, 1.807) is 0 Å². The number of carboxylic acid groups (broad SMARTS) is 1. The molecule has 0 radical (unpaired) electrons. The van der Waals surface area contributed by atoms with Crippen molar-refractivity contribution in [2.24, 2.45) is 5.92 Å². The van der Waals surface area contributed by atoms with Crippen LogP contribution in [0.5, 0.6) is 0 Å². The van der Waals surface area contributed by atoms with Crippen molar-refractivity contribution in [1.82, 2.24) is 10.6 Å². The Bertz CT molecular complexity index is 186. The van der Waals surface area contributed by atoms with Gasteiger partial charge in [0.15, 0.2) is 0 Å². The Morgan fingerprint density at radius 1 is 1.62 bits per heavy atom. The van der Waals surface area contributed by atoms with Gasteiger partial charge in [0, 0.05) is 12.1 Å². The van der Waals surface area contributed by atoms with E-state index in [-0.39, 0.29) is 5.54 Å². The Morgan fingerprint density at radius 3 is 2.77 bits per heavy atom. The van der Waals surface area contributed by atoms with Gasteiger partial charge in [-0.2, -0.15) is 0 Å².